The van der Waals surface area contributed by atoms with Gasteiger partial charge in [-0.3, -0.25) is 0 Å². The van der Waals surface area contributed by atoms with Crippen molar-refractivity contribution in [3.63, 3.8) is 0 Å². The molecule has 0 saturated heterocycles. The summed E-state index contributed by atoms with van der Waals surface area (Å²) in [4.78, 5) is 1.48. The molecule has 2 rings (SSSR count). The SMILES string of the molecule is CNCCCc1cc2ccc(Br)cc2s1. The smallest absolute Gasteiger partial charge is 0.0356 e. The standard InChI is InChI=1S/C12H14BrNS/c1-14-6-2-3-11-7-9-4-5-10(13)8-12(9)15-11/h4-5,7-8,14H,2-3,6H2,1H3. The van der Waals surface area contributed by atoms with Gasteiger partial charge in [-0.15, -0.1) is 11.3 Å². The zero-order valence-corrected chi connectivity index (χ0v) is 11.1. The topological polar surface area (TPSA) is 12.0 Å². The molecule has 15 heavy (non-hydrogen) atoms. The third-order valence-corrected chi connectivity index (χ3v) is 4.03. The van der Waals surface area contributed by atoms with Crippen LogP contribution < -0.4 is 5.32 Å². The van der Waals surface area contributed by atoms with Crippen LogP contribution >= 0.6 is 27.3 Å². The van der Waals surface area contributed by atoms with Crippen LogP contribution in [0.15, 0.2) is 28.7 Å². The second kappa shape index (κ2) is 5.10. The van der Waals surface area contributed by atoms with Gasteiger partial charge < -0.3 is 5.32 Å². The Hall–Kier alpha value is -0.380. The van der Waals surface area contributed by atoms with Gasteiger partial charge in [0.25, 0.3) is 0 Å². The van der Waals surface area contributed by atoms with E-state index in [0.717, 1.165) is 6.54 Å². The van der Waals surface area contributed by atoms with Crippen molar-refractivity contribution < 1.29 is 0 Å². The maximum atomic E-state index is 3.50. The van der Waals surface area contributed by atoms with Crippen molar-refractivity contribution in [1.29, 1.82) is 0 Å². The highest BCUT2D eigenvalue weighted by Gasteiger charge is 2.01. The van der Waals surface area contributed by atoms with Gasteiger partial charge in [0, 0.05) is 14.0 Å². The molecule has 2 aromatic rings. The van der Waals surface area contributed by atoms with Crippen LogP contribution in [0.25, 0.3) is 10.1 Å². The summed E-state index contributed by atoms with van der Waals surface area (Å²) >= 11 is 5.41. The van der Waals surface area contributed by atoms with Crippen molar-refractivity contribution in [3.8, 4) is 0 Å². The number of fused-ring (bicyclic) bond motifs is 1. The molecule has 0 atom stereocenters. The summed E-state index contributed by atoms with van der Waals surface area (Å²) < 4.78 is 2.54. The molecule has 0 aliphatic heterocycles. The van der Waals surface area contributed by atoms with Crippen molar-refractivity contribution >= 4 is 37.4 Å². The number of hydrogen-bond acceptors (Lipinski definition) is 2. The Morgan fingerprint density at radius 1 is 1.33 bits per heavy atom. The quantitative estimate of drug-likeness (QED) is 0.842. The summed E-state index contributed by atoms with van der Waals surface area (Å²) in [5.74, 6) is 0. The van der Waals surface area contributed by atoms with Crippen LogP contribution in [0.1, 0.15) is 11.3 Å². The molecular formula is C12H14BrNS. The first kappa shape index (κ1) is 11.1. The molecule has 0 saturated carbocycles. The molecule has 0 radical (unpaired) electrons. The summed E-state index contributed by atoms with van der Waals surface area (Å²) in [6, 6.07) is 8.79. The number of aryl methyl sites for hydroxylation is 1. The lowest BCUT2D eigenvalue weighted by molar-refractivity contribution is 0.729. The molecule has 1 aromatic carbocycles. The van der Waals surface area contributed by atoms with E-state index in [9.17, 15) is 0 Å². The zero-order valence-electron chi connectivity index (χ0n) is 8.72. The van der Waals surface area contributed by atoms with Crippen molar-refractivity contribution in [2.45, 2.75) is 12.8 Å². The van der Waals surface area contributed by atoms with Gasteiger partial charge in [0.15, 0.2) is 0 Å². The second-order valence-electron chi connectivity index (χ2n) is 3.60. The van der Waals surface area contributed by atoms with Crippen molar-refractivity contribution in [2.24, 2.45) is 0 Å². The van der Waals surface area contributed by atoms with Gasteiger partial charge >= 0.3 is 0 Å². The highest BCUT2D eigenvalue weighted by Crippen LogP contribution is 2.28. The fourth-order valence-corrected chi connectivity index (χ4v) is 3.28. The van der Waals surface area contributed by atoms with E-state index in [1.807, 2.05) is 18.4 Å². The van der Waals surface area contributed by atoms with Crippen molar-refractivity contribution in [2.75, 3.05) is 13.6 Å². The van der Waals surface area contributed by atoms with Crippen LogP contribution in [0.5, 0.6) is 0 Å². The third kappa shape index (κ3) is 2.80. The molecule has 1 nitrogen and oxygen atoms in total. The first-order valence-corrected chi connectivity index (χ1v) is 6.73. The highest BCUT2D eigenvalue weighted by molar-refractivity contribution is 9.10. The maximum absolute atomic E-state index is 3.50. The van der Waals surface area contributed by atoms with E-state index in [4.69, 9.17) is 0 Å². The molecule has 80 valence electrons. The summed E-state index contributed by atoms with van der Waals surface area (Å²) in [5.41, 5.74) is 0. The molecule has 3 heteroatoms. The third-order valence-electron chi connectivity index (χ3n) is 2.38. The van der Waals surface area contributed by atoms with E-state index in [-0.39, 0.29) is 0 Å². The average molecular weight is 284 g/mol. The Kier molecular flexibility index (Phi) is 3.78. The molecule has 0 aliphatic rings. The predicted molar refractivity (Wildman–Crippen MR) is 71.8 cm³/mol. The predicted octanol–water partition coefficient (Wildman–Crippen LogP) is 3.82. The fourth-order valence-electron chi connectivity index (χ4n) is 1.62. The van der Waals surface area contributed by atoms with Crippen LogP contribution in [0, 0.1) is 0 Å². The molecule has 1 heterocycles. The molecular weight excluding hydrogens is 270 g/mol. The van der Waals surface area contributed by atoms with Gasteiger partial charge in [0.2, 0.25) is 0 Å². The van der Waals surface area contributed by atoms with Gasteiger partial charge in [0.1, 0.15) is 0 Å². The molecule has 1 aromatic heterocycles. The molecule has 0 fully saturated rings. The van der Waals surface area contributed by atoms with Crippen molar-refractivity contribution in [3.05, 3.63) is 33.6 Å². The van der Waals surface area contributed by atoms with Crippen molar-refractivity contribution in [1.82, 2.24) is 5.32 Å². The molecule has 0 amide bonds. The van der Waals surface area contributed by atoms with E-state index in [2.05, 4.69) is 45.5 Å². The Morgan fingerprint density at radius 3 is 3.00 bits per heavy atom. The zero-order chi connectivity index (χ0) is 10.7. The number of rotatable bonds is 4. The van der Waals surface area contributed by atoms with Crippen LogP contribution in [-0.4, -0.2) is 13.6 Å². The number of halogens is 1. The Morgan fingerprint density at radius 2 is 2.20 bits per heavy atom. The van der Waals surface area contributed by atoms with E-state index < -0.39 is 0 Å². The van der Waals surface area contributed by atoms with E-state index in [0.29, 0.717) is 0 Å². The van der Waals surface area contributed by atoms with Gasteiger partial charge in [-0.05, 0) is 50.0 Å². The molecule has 0 aliphatic carbocycles. The van der Waals surface area contributed by atoms with Crippen LogP contribution in [0.2, 0.25) is 0 Å². The number of benzene rings is 1. The lowest BCUT2D eigenvalue weighted by atomic mass is 10.2. The van der Waals surface area contributed by atoms with Gasteiger partial charge in [-0.25, -0.2) is 0 Å². The lowest BCUT2D eigenvalue weighted by Gasteiger charge is -1.95. The van der Waals surface area contributed by atoms with E-state index in [1.54, 1.807) is 0 Å². The minimum atomic E-state index is 1.10. The Labute approximate surface area is 103 Å². The summed E-state index contributed by atoms with van der Waals surface area (Å²) in [6.07, 6.45) is 2.39. The van der Waals surface area contributed by atoms with Crippen LogP contribution in [-0.2, 0) is 6.42 Å². The highest BCUT2D eigenvalue weighted by atomic mass is 79.9. The monoisotopic (exact) mass is 283 g/mol. The fraction of sp³-hybridized carbons (Fsp3) is 0.333. The van der Waals surface area contributed by atoms with Crippen LogP contribution in [0.3, 0.4) is 0 Å². The normalized spacial score (nSPS) is 11.1. The molecule has 0 unspecified atom stereocenters. The van der Waals surface area contributed by atoms with Crippen LogP contribution in [0.4, 0.5) is 0 Å². The first-order valence-electron chi connectivity index (χ1n) is 5.12. The molecule has 1 N–H and O–H groups in total. The maximum Gasteiger partial charge on any atom is 0.0356 e. The van der Waals surface area contributed by atoms with Gasteiger partial charge in [-0.1, -0.05) is 22.0 Å². The number of thiophene rings is 1. The lowest BCUT2D eigenvalue weighted by Crippen LogP contribution is -2.07. The second-order valence-corrected chi connectivity index (χ2v) is 5.69. The van der Waals surface area contributed by atoms with E-state index >= 15 is 0 Å². The van der Waals surface area contributed by atoms with Gasteiger partial charge in [-0.2, -0.15) is 0 Å². The summed E-state index contributed by atoms with van der Waals surface area (Å²) in [5, 5.41) is 4.54. The Bertz CT molecular complexity index is 450. The summed E-state index contributed by atoms with van der Waals surface area (Å²) in [7, 11) is 2.00. The molecule has 0 spiro atoms. The largest absolute Gasteiger partial charge is 0.320 e. The number of nitrogens with one attached hydrogen (secondary N) is 1. The summed E-state index contributed by atoms with van der Waals surface area (Å²) in [6.45, 7) is 1.10. The minimum absolute atomic E-state index is 1.10. The van der Waals surface area contributed by atoms with E-state index in [1.165, 1.54) is 32.3 Å². The molecule has 0 bridgehead atoms. The first-order chi connectivity index (χ1) is 7.29. The Balaban J connectivity index is 2.16. The minimum Gasteiger partial charge on any atom is -0.320 e. The number of hydrogen-bond donors (Lipinski definition) is 1. The average Bonchev–Trinajstić information content (AvgIpc) is 2.60. The van der Waals surface area contributed by atoms with Gasteiger partial charge in [0.05, 0.1) is 0 Å².